The number of hydrogen-bond donors (Lipinski definition) is 0. The lowest BCUT2D eigenvalue weighted by Gasteiger charge is -2.36. The highest BCUT2D eigenvalue weighted by atomic mass is 79.9. The summed E-state index contributed by atoms with van der Waals surface area (Å²) >= 11 is 5.06. The lowest BCUT2D eigenvalue weighted by atomic mass is 10.1. The fraction of sp³-hybridized carbons (Fsp3) is 0.381. The van der Waals surface area contributed by atoms with Gasteiger partial charge in [0, 0.05) is 42.1 Å². The van der Waals surface area contributed by atoms with Crippen LogP contribution in [0.2, 0.25) is 0 Å². The summed E-state index contributed by atoms with van der Waals surface area (Å²) < 4.78 is 11.9. The molecule has 0 radical (unpaired) electrons. The second kappa shape index (κ2) is 8.76. The Morgan fingerprint density at radius 1 is 1.07 bits per heavy atom. The van der Waals surface area contributed by atoms with Crippen molar-refractivity contribution in [3.05, 3.63) is 52.5 Å². The third-order valence-electron chi connectivity index (χ3n) is 5.00. The van der Waals surface area contributed by atoms with E-state index in [2.05, 4.69) is 33.0 Å². The van der Waals surface area contributed by atoms with E-state index in [4.69, 9.17) is 9.47 Å². The second-order valence-electron chi connectivity index (χ2n) is 7.00. The Morgan fingerprint density at radius 3 is 2.54 bits per heavy atom. The predicted molar refractivity (Wildman–Crippen MR) is 114 cm³/mol. The van der Waals surface area contributed by atoms with Crippen LogP contribution in [0.4, 0.5) is 0 Å². The summed E-state index contributed by atoms with van der Waals surface area (Å²) in [5.74, 6) is 1.86. The number of nitrogens with zero attached hydrogens (tertiary/aromatic N) is 2. The van der Waals surface area contributed by atoms with Crippen LogP contribution in [0, 0.1) is 0 Å². The first kappa shape index (κ1) is 19.6. The molecule has 148 valence electrons. The van der Waals surface area contributed by atoms with Crippen molar-refractivity contribution in [2.45, 2.75) is 23.6 Å². The maximum absolute atomic E-state index is 12.8. The summed E-state index contributed by atoms with van der Waals surface area (Å²) in [6, 6.07) is 14.2. The molecule has 1 atom stereocenters. The fourth-order valence-electron chi connectivity index (χ4n) is 3.45. The van der Waals surface area contributed by atoms with Gasteiger partial charge in [0.05, 0.1) is 5.25 Å². The minimum absolute atomic E-state index is 0.0819. The monoisotopic (exact) mass is 462 g/mol. The number of piperazine rings is 1. The van der Waals surface area contributed by atoms with Gasteiger partial charge in [-0.3, -0.25) is 9.69 Å². The zero-order valence-electron chi connectivity index (χ0n) is 15.8. The zero-order valence-corrected chi connectivity index (χ0v) is 18.2. The lowest BCUT2D eigenvalue weighted by Crippen LogP contribution is -2.50. The SMILES string of the molecule is CC(Sc1ccc(Br)cc1)C(=O)N1CCN(Cc2ccc3c(c2)OCO3)CC1. The van der Waals surface area contributed by atoms with Gasteiger partial charge in [0.25, 0.3) is 0 Å². The predicted octanol–water partition coefficient (Wildman–Crippen LogP) is 4.00. The first-order chi connectivity index (χ1) is 13.6. The van der Waals surface area contributed by atoms with Gasteiger partial charge in [0.15, 0.2) is 11.5 Å². The minimum Gasteiger partial charge on any atom is -0.454 e. The molecule has 1 fully saturated rings. The summed E-state index contributed by atoms with van der Waals surface area (Å²) in [6.07, 6.45) is 0. The van der Waals surface area contributed by atoms with Gasteiger partial charge in [-0.15, -0.1) is 11.8 Å². The number of benzene rings is 2. The molecular weight excluding hydrogens is 440 g/mol. The number of hydrogen-bond acceptors (Lipinski definition) is 5. The summed E-state index contributed by atoms with van der Waals surface area (Å²) in [7, 11) is 0. The molecule has 0 bridgehead atoms. The van der Waals surface area contributed by atoms with Crippen molar-refractivity contribution >= 4 is 33.6 Å². The van der Waals surface area contributed by atoms with E-state index >= 15 is 0 Å². The van der Waals surface area contributed by atoms with Gasteiger partial charge < -0.3 is 14.4 Å². The van der Waals surface area contributed by atoms with Crippen LogP contribution in [0.5, 0.6) is 11.5 Å². The Balaban J connectivity index is 1.27. The molecule has 2 aliphatic rings. The van der Waals surface area contributed by atoms with Crippen molar-refractivity contribution in [2.24, 2.45) is 0 Å². The highest BCUT2D eigenvalue weighted by Gasteiger charge is 2.26. The van der Waals surface area contributed by atoms with Crippen LogP contribution in [-0.2, 0) is 11.3 Å². The van der Waals surface area contributed by atoms with E-state index in [1.807, 2.05) is 42.2 Å². The quantitative estimate of drug-likeness (QED) is 0.628. The van der Waals surface area contributed by atoms with Crippen molar-refractivity contribution in [1.29, 1.82) is 0 Å². The van der Waals surface area contributed by atoms with Crippen LogP contribution in [0.15, 0.2) is 51.8 Å². The van der Waals surface area contributed by atoms with E-state index < -0.39 is 0 Å². The smallest absolute Gasteiger partial charge is 0.235 e. The first-order valence-electron chi connectivity index (χ1n) is 9.40. The molecule has 2 aromatic rings. The topological polar surface area (TPSA) is 42.0 Å². The molecule has 4 rings (SSSR count). The molecule has 2 heterocycles. The van der Waals surface area contributed by atoms with Crippen molar-refractivity contribution in [3.8, 4) is 11.5 Å². The van der Waals surface area contributed by atoms with Gasteiger partial charge in [-0.1, -0.05) is 22.0 Å². The van der Waals surface area contributed by atoms with Crippen LogP contribution < -0.4 is 9.47 Å². The molecule has 0 N–H and O–H groups in total. The van der Waals surface area contributed by atoms with Crippen LogP contribution in [0.3, 0.4) is 0 Å². The number of ether oxygens (including phenoxy) is 2. The third kappa shape index (κ3) is 4.64. The van der Waals surface area contributed by atoms with Crippen LogP contribution >= 0.6 is 27.7 Å². The maximum Gasteiger partial charge on any atom is 0.235 e. The fourth-order valence-corrected chi connectivity index (χ4v) is 4.66. The van der Waals surface area contributed by atoms with Crippen LogP contribution in [-0.4, -0.2) is 53.9 Å². The van der Waals surface area contributed by atoms with E-state index in [0.29, 0.717) is 6.79 Å². The number of thioether (sulfide) groups is 1. The molecule has 2 aromatic carbocycles. The number of halogens is 1. The molecule has 1 amide bonds. The van der Waals surface area contributed by atoms with Gasteiger partial charge >= 0.3 is 0 Å². The number of carbonyl (C=O) groups is 1. The number of amides is 1. The summed E-state index contributed by atoms with van der Waals surface area (Å²) in [6.45, 7) is 6.47. The third-order valence-corrected chi connectivity index (χ3v) is 6.63. The van der Waals surface area contributed by atoms with E-state index in [1.165, 1.54) is 5.56 Å². The van der Waals surface area contributed by atoms with Crippen LogP contribution in [0.1, 0.15) is 12.5 Å². The Kier molecular flexibility index (Phi) is 6.13. The van der Waals surface area contributed by atoms with Gasteiger partial charge in [0.2, 0.25) is 12.7 Å². The van der Waals surface area contributed by atoms with Crippen molar-refractivity contribution in [2.75, 3.05) is 33.0 Å². The molecule has 7 heteroatoms. The zero-order chi connectivity index (χ0) is 19.5. The van der Waals surface area contributed by atoms with Gasteiger partial charge in [-0.2, -0.15) is 0 Å². The maximum atomic E-state index is 12.8. The average molecular weight is 463 g/mol. The first-order valence-corrected chi connectivity index (χ1v) is 11.1. The van der Waals surface area contributed by atoms with Crippen molar-refractivity contribution in [1.82, 2.24) is 9.80 Å². The Bertz CT molecular complexity index is 838. The molecule has 0 aliphatic carbocycles. The highest BCUT2D eigenvalue weighted by molar-refractivity contribution is 9.10. The Labute approximate surface area is 178 Å². The lowest BCUT2D eigenvalue weighted by molar-refractivity contribution is -0.132. The summed E-state index contributed by atoms with van der Waals surface area (Å²) in [5, 5.41) is -0.0819. The van der Waals surface area contributed by atoms with Crippen molar-refractivity contribution in [3.63, 3.8) is 0 Å². The molecule has 28 heavy (non-hydrogen) atoms. The van der Waals surface area contributed by atoms with E-state index in [-0.39, 0.29) is 11.2 Å². The second-order valence-corrected chi connectivity index (χ2v) is 9.33. The Morgan fingerprint density at radius 2 is 1.79 bits per heavy atom. The molecule has 0 aromatic heterocycles. The van der Waals surface area contributed by atoms with Gasteiger partial charge in [-0.05, 0) is 48.9 Å². The molecule has 1 saturated heterocycles. The molecule has 5 nitrogen and oxygen atoms in total. The number of rotatable bonds is 5. The number of fused-ring (bicyclic) bond motifs is 1. The molecule has 0 spiro atoms. The van der Waals surface area contributed by atoms with Gasteiger partial charge in [-0.25, -0.2) is 0 Å². The van der Waals surface area contributed by atoms with Crippen molar-refractivity contribution < 1.29 is 14.3 Å². The normalized spacial score (nSPS) is 17.6. The largest absolute Gasteiger partial charge is 0.454 e. The highest BCUT2D eigenvalue weighted by Crippen LogP contribution is 2.33. The molecule has 0 saturated carbocycles. The van der Waals surface area contributed by atoms with Gasteiger partial charge in [0.1, 0.15) is 0 Å². The average Bonchev–Trinajstić information content (AvgIpc) is 3.17. The van der Waals surface area contributed by atoms with E-state index in [9.17, 15) is 4.79 Å². The molecular formula is C21H23BrN2O3S. The summed E-state index contributed by atoms with van der Waals surface area (Å²) in [4.78, 5) is 18.3. The van der Waals surface area contributed by atoms with Crippen LogP contribution in [0.25, 0.3) is 0 Å². The number of carbonyl (C=O) groups excluding carboxylic acids is 1. The Hall–Kier alpha value is -1.70. The molecule has 2 aliphatic heterocycles. The van der Waals surface area contributed by atoms with E-state index in [0.717, 1.165) is 53.6 Å². The standard InChI is InChI=1S/C21H23BrN2O3S/c1-15(28-18-5-3-17(22)4-6-18)21(25)24-10-8-23(9-11-24)13-16-2-7-19-20(12-16)27-14-26-19/h2-7,12,15H,8-11,13-14H2,1H3. The minimum atomic E-state index is -0.0819. The molecule has 1 unspecified atom stereocenters. The van der Waals surface area contributed by atoms with E-state index in [1.54, 1.807) is 11.8 Å². The summed E-state index contributed by atoms with van der Waals surface area (Å²) in [5.41, 5.74) is 1.21.